The van der Waals surface area contributed by atoms with E-state index in [1.165, 1.54) is 38.1 Å². The minimum atomic E-state index is 0.691. The van der Waals surface area contributed by atoms with Crippen LogP contribution in [-0.2, 0) is 0 Å². The highest BCUT2D eigenvalue weighted by Crippen LogP contribution is 2.46. The van der Waals surface area contributed by atoms with Gasteiger partial charge in [-0.2, -0.15) is 0 Å². The fraction of sp³-hybridized carbons (Fsp3) is 0. The molecule has 0 bridgehead atoms. The minimum absolute atomic E-state index is 0.691. The van der Waals surface area contributed by atoms with Crippen molar-refractivity contribution < 1.29 is 4.42 Å². The monoisotopic (exact) mass is 700 g/mol. The number of hydrogen-bond donors (Lipinski definition) is 0. The molecule has 0 atom stereocenters. The predicted molar refractivity (Wildman–Crippen MR) is 229 cm³/mol. The summed E-state index contributed by atoms with van der Waals surface area (Å²) < 4.78 is 6.22. The van der Waals surface area contributed by atoms with Crippen LogP contribution in [0.4, 0.5) is 0 Å². The van der Waals surface area contributed by atoms with E-state index in [4.69, 9.17) is 14.4 Å². The van der Waals surface area contributed by atoms with Gasteiger partial charge in [0.05, 0.1) is 11.4 Å². The molecule has 0 saturated carbocycles. The van der Waals surface area contributed by atoms with Gasteiger partial charge in [-0.1, -0.05) is 176 Å². The van der Waals surface area contributed by atoms with Crippen LogP contribution >= 0.6 is 0 Å². The number of fused-ring (bicyclic) bond motifs is 7. The van der Waals surface area contributed by atoms with Gasteiger partial charge in [0, 0.05) is 32.8 Å². The van der Waals surface area contributed by atoms with Crippen LogP contribution in [0.15, 0.2) is 199 Å². The molecular formula is C52H32N2O. The average Bonchev–Trinajstić information content (AvgIpc) is 3.65. The Morgan fingerprint density at radius 1 is 0.327 bits per heavy atom. The Labute approximate surface area is 317 Å². The lowest BCUT2D eigenvalue weighted by Crippen LogP contribution is -1.98. The molecule has 0 aliphatic heterocycles. The quantitative estimate of drug-likeness (QED) is 0.133. The van der Waals surface area contributed by atoms with Crippen LogP contribution in [0.2, 0.25) is 0 Å². The van der Waals surface area contributed by atoms with Crippen LogP contribution in [-0.4, -0.2) is 9.97 Å². The molecular weight excluding hydrogens is 669 g/mol. The molecule has 3 nitrogen and oxygen atoms in total. The second-order valence-corrected chi connectivity index (χ2v) is 14.1. The van der Waals surface area contributed by atoms with Gasteiger partial charge in [-0.15, -0.1) is 0 Å². The lowest BCUT2D eigenvalue weighted by molar-refractivity contribution is 0.669. The van der Waals surface area contributed by atoms with E-state index >= 15 is 0 Å². The molecule has 0 aliphatic carbocycles. The largest absolute Gasteiger partial charge is 0.456 e. The van der Waals surface area contributed by atoms with Gasteiger partial charge in [-0.25, -0.2) is 9.97 Å². The van der Waals surface area contributed by atoms with E-state index in [0.29, 0.717) is 5.82 Å². The zero-order valence-electron chi connectivity index (χ0n) is 29.8. The molecule has 9 aromatic carbocycles. The molecule has 0 fully saturated rings. The van der Waals surface area contributed by atoms with Crippen molar-refractivity contribution in [2.24, 2.45) is 0 Å². The second kappa shape index (κ2) is 12.6. The summed E-state index contributed by atoms with van der Waals surface area (Å²) >= 11 is 0. The number of para-hydroxylation sites is 1. The predicted octanol–water partition coefficient (Wildman–Crippen LogP) is 14.2. The van der Waals surface area contributed by atoms with Gasteiger partial charge in [-0.3, -0.25) is 0 Å². The number of nitrogens with zero attached hydrogens (tertiary/aromatic N) is 2. The molecule has 0 radical (unpaired) electrons. The number of hydrogen-bond acceptors (Lipinski definition) is 3. The third-order valence-electron chi connectivity index (χ3n) is 10.9. The number of aromatic nitrogens is 2. The fourth-order valence-electron chi connectivity index (χ4n) is 8.41. The van der Waals surface area contributed by atoms with Gasteiger partial charge in [0.2, 0.25) is 0 Å². The summed E-state index contributed by atoms with van der Waals surface area (Å²) in [5.41, 5.74) is 11.3. The van der Waals surface area contributed by atoms with Crippen molar-refractivity contribution in [2.75, 3.05) is 0 Å². The summed E-state index contributed by atoms with van der Waals surface area (Å²) in [6, 6.07) is 68.5. The highest BCUT2D eigenvalue weighted by Gasteiger charge is 2.21. The van der Waals surface area contributed by atoms with Crippen LogP contribution in [0.3, 0.4) is 0 Å². The molecule has 0 aliphatic rings. The Kier molecular flexibility index (Phi) is 7.17. The third-order valence-corrected chi connectivity index (χ3v) is 10.9. The Balaban J connectivity index is 1.17. The van der Waals surface area contributed by atoms with E-state index in [2.05, 4.69) is 158 Å². The Bertz CT molecular complexity index is 3240. The van der Waals surface area contributed by atoms with E-state index in [1.807, 2.05) is 36.4 Å². The topological polar surface area (TPSA) is 38.9 Å². The molecule has 11 rings (SSSR count). The first-order valence-corrected chi connectivity index (χ1v) is 18.7. The number of furan rings is 1. The molecule has 0 spiro atoms. The van der Waals surface area contributed by atoms with Crippen molar-refractivity contribution in [3.63, 3.8) is 0 Å². The van der Waals surface area contributed by atoms with E-state index in [0.717, 1.165) is 66.5 Å². The van der Waals surface area contributed by atoms with Crippen molar-refractivity contribution in [2.45, 2.75) is 0 Å². The molecule has 256 valence electrons. The second-order valence-electron chi connectivity index (χ2n) is 14.1. The van der Waals surface area contributed by atoms with Gasteiger partial charge in [0.25, 0.3) is 0 Å². The van der Waals surface area contributed by atoms with E-state index in [-0.39, 0.29) is 0 Å². The maximum atomic E-state index is 6.22. The summed E-state index contributed by atoms with van der Waals surface area (Å²) in [6.07, 6.45) is 0. The van der Waals surface area contributed by atoms with Crippen molar-refractivity contribution in [3.05, 3.63) is 194 Å². The summed E-state index contributed by atoms with van der Waals surface area (Å²) in [7, 11) is 0. The first-order chi connectivity index (χ1) is 27.3. The average molecular weight is 701 g/mol. The maximum Gasteiger partial charge on any atom is 0.160 e. The molecule has 2 aromatic heterocycles. The Hall–Kier alpha value is -7.36. The first-order valence-electron chi connectivity index (χ1n) is 18.7. The van der Waals surface area contributed by atoms with Crippen molar-refractivity contribution in [1.29, 1.82) is 0 Å². The zero-order valence-corrected chi connectivity index (χ0v) is 29.8. The van der Waals surface area contributed by atoms with Crippen molar-refractivity contribution >= 4 is 54.3 Å². The van der Waals surface area contributed by atoms with Crippen molar-refractivity contribution in [3.8, 4) is 56.2 Å². The smallest absolute Gasteiger partial charge is 0.160 e. The van der Waals surface area contributed by atoms with E-state index < -0.39 is 0 Å². The van der Waals surface area contributed by atoms with Gasteiger partial charge < -0.3 is 4.42 Å². The van der Waals surface area contributed by atoms with Gasteiger partial charge in [-0.05, 0) is 67.4 Å². The molecule has 0 N–H and O–H groups in total. The molecule has 2 heterocycles. The molecule has 3 heteroatoms. The van der Waals surface area contributed by atoms with Gasteiger partial charge >= 0.3 is 0 Å². The van der Waals surface area contributed by atoms with Crippen molar-refractivity contribution in [1.82, 2.24) is 9.97 Å². The Morgan fingerprint density at radius 3 is 1.71 bits per heavy atom. The minimum Gasteiger partial charge on any atom is -0.456 e. The molecule has 0 saturated heterocycles. The molecule has 0 amide bonds. The van der Waals surface area contributed by atoms with Crippen LogP contribution < -0.4 is 0 Å². The molecule has 55 heavy (non-hydrogen) atoms. The van der Waals surface area contributed by atoms with Gasteiger partial charge in [0.1, 0.15) is 11.2 Å². The summed E-state index contributed by atoms with van der Waals surface area (Å²) in [4.78, 5) is 10.7. The SMILES string of the molecule is c1ccc(-c2nc(-c3ccc(-c4cccc5oc6ccccc6c45)cc3)cc(-c3c4ccccc4c(-c4ccccc4)c4ccc5ccccc5c34)n2)cc1. The summed E-state index contributed by atoms with van der Waals surface area (Å²) in [6.45, 7) is 0. The van der Waals surface area contributed by atoms with Crippen LogP contribution in [0.5, 0.6) is 0 Å². The molecule has 11 aromatic rings. The maximum absolute atomic E-state index is 6.22. The lowest BCUT2D eigenvalue weighted by Gasteiger charge is -2.19. The number of benzene rings is 9. The highest BCUT2D eigenvalue weighted by atomic mass is 16.3. The fourth-order valence-corrected chi connectivity index (χ4v) is 8.41. The van der Waals surface area contributed by atoms with Gasteiger partial charge in [0.15, 0.2) is 5.82 Å². The number of rotatable bonds is 5. The standard InChI is InChI=1S/C52H32N2O/c1-3-15-36(16-4-1)48-40-20-9-10-21-41(40)51(50-39-19-8-7-14-33(39)30-31-43(48)50)45-32-44(53-52(54-45)37-17-5-2-6-18-37)35-28-26-34(27-29-35)38-23-13-25-47-49(38)42-22-11-12-24-46(42)55-47/h1-32H. The third kappa shape index (κ3) is 5.13. The highest BCUT2D eigenvalue weighted by molar-refractivity contribution is 6.27. The summed E-state index contributed by atoms with van der Waals surface area (Å²) in [5.74, 6) is 0.691. The lowest BCUT2D eigenvalue weighted by atomic mass is 9.85. The van der Waals surface area contributed by atoms with Crippen LogP contribution in [0.25, 0.3) is 110 Å². The normalized spacial score (nSPS) is 11.6. The first kappa shape index (κ1) is 31.2. The zero-order chi connectivity index (χ0) is 36.3. The Morgan fingerprint density at radius 2 is 0.927 bits per heavy atom. The van der Waals surface area contributed by atoms with E-state index in [9.17, 15) is 0 Å². The van der Waals surface area contributed by atoms with E-state index in [1.54, 1.807) is 0 Å². The van der Waals surface area contributed by atoms with Crippen LogP contribution in [0, 0.1) is 0 Å². The summed E-state index contributed by atoms with van der Waals surface area (Å²) in [5, 5.41) is 9.38. The molecule has 0 unspecified atom stereocenters. The van der Waals surface area contributed by atoms with Crippen LogP contribution in [0.1, 0.15) is 0 Å².